The Morgan fingerprint density at radius 1 is 0.968 bits per heavy atom. The summed E-state index contributed by atoms with van der Waals surface area (Å²) >= 11 is 0. The van der Waals surface area contributed by atoms with Crippen molar-refractivity contribution < 1.29 is 0 Å². The van der Waals surface area contributed by atoms with Crippen LogP contribution in [0.15, 0.2) is 96.7 Å². The minimum Gasteiger partial charge on any atom is -0.383 e. The van der Waals surface area contributed by atoms with E-state index in [2.05, 4.69) is 90.8 Å². The minimum atomic E-state index is 0.459. The molecular formula is C27H32N4. The lowest BCUT2D eigenvalue weighted by Crippen LogP contribution is -2.20. The van der Waals surface area contributed by atoms with Crippen molar-refractivity contribution >= 4 is 23.3 Å². The van der Waals surface area contributed by atoms with Gasteiger partial charge in [0, 0.05) is 41.6 Å². The largest absolute Gasteiger partial charge is 0.383 e. The molecule has 0 saturated heterocycles. The van der Waals surface area contributed by atoms with E-state index in [0.717, 1.165) is 36.6 Å². The number of hydrogen-bond donors (Lipinski definition) is 2. The van der Waals surface area contributed by atoms with Crippen LogP contribution in [0.5, 0.6) is 0 Å². The van der Waals surface area contributed by atoms with Crippen molar-refractivity contribution in [3.8, 4) is 11.1 Å². The van der Waals surface area contributed by atoms with E-state index in [1.54, 1.807) is 6.20 Å². The van der Waals surface area contributed by atoms with Gasteiger partial charge < -0.3 is 10.6 Å². The summed E-state index contributed by atoms with van der Waals surface area (Å²) in [5.74, 6) is 0.459. The highest BCUT2D eigenvalue weighted by atomic mass is 15.4. The average molecular weight is 413 g/mol. The standard InChI is InChI=1S/C27H32N4/c1-4-22(3)21-29-31(5-2)19-18-28-27-20-25(30-24-14-10-7-11-15-24)16-17-26(27)23-12-8-6-9-13-23/h5-17,20-22,28,30H,2,4,18-19H2,1,3H3/b29-21-. The fraction of sp³-hybridized carbons (Fsp3) is 0.222. The second kappa shape index (κ2) is 11.6. The topological polar surface area (TPSA) is 39.7 Å². The Balaban J connectivity index is 1.76. The van der Waals surface area contributed by atoms with Crippen LogP contribution in [0.4, 0.5) is 17.1 Å². The fourth-order valence-electron chi connectivity index (χ4n) is 3.13. The first kappa shape index (κ1) is 22.2. The molecule has 2 N–H and O–H groups in total. The number of para-hydroxylation sites is 1. The molecule has 31 heavy (non-hydrogen) atoms. The van der Waals surface area contributed by atoms with Crippen LogP contribution >= 0.6 is 0 Å². The number of nitrogens with one attached hydrogen (secondary N) is 2. The molecule has 1 unspecified atom stereocenters. The molecule has 0 aliphatic carbocycles. The van der Waals surface area contributed by atoms with Crippen molar-refractivity contribution in [2.45, 2.75) is 20.3 Å². The molecule has 0 radical (unpaired) electrons. The molecule has 0 heterocycles. The van der Waals surface area contributed by atoms with Crippen LogP contribution in [0.25, 0.3) is 11.1 Å². The summed E-state index contributed by atoms with van der Waals surface area (Å²) in [6, 6.07) is 27.1. The summed E-state index contributed by atoms with van der Waals surface area (Å²) in [4.78, 5) is 0. The molecule has 0 spiro atoms. The summed E-state index contributed by atoms with van der Waals surface area (Å²) in [6.45, 7) is 9.71. The Labute approximate surface area is 186 Å². The van der Waals surface area contributed by atoms with Gasteiger partial charge >= 0.3 is 0 Å². The molecule has 3 rings (SSSR count). The van der Waals surface area contributed by atoms with Crippen LogP contribution in [0.2, 0.25) is 0 Å². The third-order valence-electron chi connectivity index (χ3n) is 5.15. The van der Waals surface area contributed by atoms with E-state index in [-0.39, 0.29) is 0 Å². The predicted octanol–water partition coefficient (Wildman–Crippen LogP) is 6.99. The van der Waals surface area contributed by atoms with Gasteiger partial charge in [0.2, 0.25) is 0 Å². The van der Waals surface area contributed by atoms with Crippen LogP contribution in [-0.2, 0) is 0 Å². The van der Waals surface area contributed by atoms with Gasteiger partial charge in [-0.25, -0.2) is 0 Å². The lowest BCUT2D eigenvalue weighted by atomic mass is 10.0. The molecule has 160 valence electrons. The van der Waals surface area contributed by atoms with Crippen LogP contribution in [0.1, 0.15) is 20.3 Å². The predicted molar refractivity (Wildman–Crippen MR) is 135 cm³/mol. The zero-order valence-corrected chi connectivity index (χ0v) is 18.5. The van der Waals surface area contributed by atoms with Crippen molar-refractivity contribution in [1.29, 1.82) is 0 Å². The summed E-state index contributed by atoms with van der Waals surface area (Å²) < 4.78 is 0. The van der Waals surface area contributed by atoms with Gasteiger partial charge in [-0.15, -0.1) is 0 Å². The van der Waals surface area contributed by atoms with Gasteiger partial charge in [0.05, 0.1) is 6.54 Å². The first-order valence-electron chi connectivity index (χ1n) is 10.9. The van der Waals surface area contributed by atoms with E-state index in [4.69, 9.17) is 0 Å². The smallest absolute Gasteiger partial charge is 0.0581 e. The zero-order valence-electron chi connectivity index (χ0n) is 18.5. The molecule has 0 amide bonds. The van der Waals surface area contributed by atoms with Gasteiger partial charge in [0.15, 0.2) is 0 Å². The number of anilines is 3. The second-order valence-corrected chi connectivity index (χ2v) is 7.54. The molecule has 0 bridgehead atoms. The Hall–Kier alpha value is -3.53. The first-order chi connectivity index (χ1) is 15.2. The zero-order chi connectivity index (χ0) is 21.9. The normalized spacial score (nSPS) is 11.8. The van der Waals surface area contributed by atoms with E-state index >= 15 is 0 Å². The highest BCUT2D eigenvalue weighted by Crippen LogP contribution is 2.31. The molecule has 1 atom stereocenters. The van der Waals surface area contributed by atoms with Gasteiger partial charge in [-0.05, 0) is 42.2 Å². The van der Waals surface area contributed by atoms with Crippen LogP contribution in [0, 0.1) is 5.92 Å². The number of rotatable bonds is 11. The molecule has 4 nitrogen and oxygen atoms in total. The Morgan fingerprint density at radius 3 is 2.35 bits per heavy atom. The monoisotopic (exact) mass is 412 g/mol. The molecule has 0 aliphatic rings. The van der Waals surface area contributed by atoms with E-state index in [0.29, 0.717) is 5.92 Å². The molecule has 3 aromatic carbocycles. The number of hydrogen-bond acceptors (Lipinski definition) is 4. The van der Waals surface area contributed by atoms with Crippen molar-refractivity contribution in [2.75, 3.05) is 23.7 Å². The summed E-state index contributed by atoms with van der Waals surface area (Å²) in [5.41, 5.74) is 5.56. The SMILES string of the molecule is C=CN(CCNc1cc(Nc2ccccc2)ccc1-c1ccccc1)/N=C\C(C)CC. The highest BCUT2D eigenvalue weighted by molar-refractivity contribution is 5.81. The van der Waals surface area contributed by atoms with Gasteiger partial charge in [-0.1, -0.05) is 75.0 Å². The maximum atomic E-state index is 4.54. The number of benzene rings is 3. The maximum Gasteiger partial charge on any atom is 0.0581 e. The molecule has 0 aromatic heterocycles. The van der Waals surface area contributed by atoms with Gasteiger partial charge in [-0.3, -0.25) is 5.01 Å². The van der Waals surface area contributed by atoms with Crippen molar-refractivity contribution in [3.05, 3.63) is 91.6 Å². The summed E-state index contributed by atoms with van der Waals surface area (Å²) in [7, 11) is 0. The van der Waals surface area contributed by atoms with Gasteiger partial charge in [0.1, 0.15) is 0 Å². The van der Waals surface area contributed by atoms with Gasteiger partial charge in [0.25, 0.3) is 0 Å². The van der Waals surface area contributed by atoms with E-state index in [9.17, 15) is 0 Å². The first-order valence-corrected chi connectivity index (χ1v) is 10.9. The van der Waals surface area contributed by atoms with Crippen molar-refractivity contribution in [3.63, 3.8) is 0 Å². The lowest BCUT2D eigenvalue weighted by Gasteiger charge is -2.18. The quantitative estimate of drug-likeness (QED) is 0.263. The molecule has 0 fully saturated rings. The number of hydrazone groups is 1. The molecule has 3 aromatic rings. The number of nitrogens with zero attached hydrogens (tertiary/aromatic N) is 2. The Kier molecular flexibility index (Phi) is 8.29. The lowest BCUT2D eigenvalue weighted by molar-refractivity contribution is 0.414. The maximum absolute atomic E-state index is 4.54. The molecular weight excluding hydrogens is 380 g/mol. The van der Waals surface area contributed by atoms with Crippen molar-refractivity contribution in [2.24, 2.45) is 11.0 Å². The van der Waals surface area contributed by atoms with Crippen LogP contribution in [-0.4, -0.2) is 24.3 Å². The third-order valence-corrected chi connectivity index (χ3v) is 5.15. The Bertz CT molecular complexity index is 967. The van der Waals surface area contributed by atoms with E-state index < -0.39 is 0 Å². The summed E-state index contributed by atoms with van der Waals surface area (Å²) in [5, 5.41) is 13.5. The molecule has 0 aliphatic heterocycles. The minimum absolute atomic E-state index is 0.459. The fourth-order valence-corrected chi connectivity index (χ4v) is 3.13. The highest BCUT2D eigenvalue weighted by Gasteiger charge is 2.07. The second-order valence-electron chi connectivity index (χ2n) is 7.54. The average Bonchev–Trinajstić information content (AvgIpc) is 2.82. The van der Waals surface area contributed by atoms with E-state index in [1.807, 2.05) is 35.5 Å². The third kappa shape index (κ3) is 6.75. The van der Waals surface area contributed by atoms with Crippen LogP contribution in [0.3, 0.4) is 0 Å². The molecule has 0 saturated carbocycles. The molecule has 4 heteroatoms. The summed E-state index contributed by atoms with van der Waals surface area (Å²) in [6.07, 6.45) is 4.84. The van der Waals surface area contributed by atoms with E-state index in [1.165, 1.54) is 11.1 Å². The van der Waals surface area contributed by atoms with Crippen molar-refractivity contribution in [1.82, 2.24) is 5.01 Å². The van der Waals surface area contributed by atoms with Gasteiger partial charge in [-0.2, -0.15) is 5.10 Å². The van der Waals surface area contributed by atoms with Crippen LogP contribution < -0.4 is 10.6 Å². The Morgan fingerprint density at radius 2 is 1.68 bits per heavy atom.